The predicted octanol–water partition coefficient (Wildman–Crippen LogP) is 2.75. The minimum absolute atomic E-state index is 0.0575. The van der Waals surface area contributed by atoms with Gasteiger partial charge in [0, 0.05) is 12.3 Å². The minimum atomic E-state index is -0.271. The summed E-state index contributed by atoms with van der Waals surface area (Å²) >= 11 is 0. The first-order valence-electron chi connectivity index (χ1n) is 5.73. The van der Waals surface area contributed by atoms with Gasteiger partial charge >= 0.3 is 0 Å². The molecule has 0 aromatic rings. The van der Waals surface area contributed by atoms with Gasteiger partial charge in [0.2, 0.25) is 0 Å². The number of rotatable bonds is 3. The van der Waals surface area contributed by atoms with E-state index in [4.69, 9.17) is 0 Å². The Morgan fingerprint density at radius 2 is 2.14 bits per heavy atom. The van der Waals surface area contributed by atoms with Crippen molar-refractivity contribution in [2.24, 2.45) is 11.8 Å². The third-order valence-corrected chi connectivity index (χ3v) is 3.25. The van der Waals surface area contributed by atoms with Crippen molar-refractivity contribution in [3.8, 4) is 0 Å². The van der Waals surface area contributed by atoms with Crippen molar-refractivity contribution in [2.75, 3.05) is 0 Å². The van der Waals surface area contributed by atoms with Crippen LogP contribution in [-0.2, 0) is 9.59 Å². The van der Waals surface area contributed by atoms with E-state index in [9.17, 15) is 9.59 Å². The van der Waals surface area contributed by atoms with Gasteiger partial charge in [0.1, 0.15) is 11.6 Å². The fraction of sp³-hybridized carbons (Fsp3) is 0.833. The van der Waals surface area contributed by atoms with Gasteiger partial charge < -0.3 is 0 Å². The van der Waals surface area contributed by atoms with Crippen molar-refractivity contribution in [2.45, 2.75) is 52.4 Å². The Morgan fingerprint density at radius 3 is 2.79 bits per heavy atom. The summed E-state index contributed by atoms with van der Waals surface area (Å²) in [7, 11) is 0. The lowest BCUT2D eigenvalue weighted by molar-refractivity contribution is -0.134. The molecule has 0 N–H and O–H groups in total. The zero-order chi connectivity index (χ0) is 10.6. The largest absolute Gasteiger partial charge is 0.299 e. The molecule has 1 saturated carbocycles. The average molecular weight is 196 g/mol. The molecule has 0 aromatic carbocycles. The van der Waals surface area contributed by atoms with E-state index in [2.05, 4.69) is 0 Å². The second-order valence-electron chi connectivity index (χ2n) is 4.33. The molecule has 80 valence electrons. The highest BCUT2D eigenvalue weighted by Crippen LogP contribution is 2.24. The summed E-state index contributed by atoms with van der Waals surface area (Å²) in [5.74, 6) is 0.154. The molecule has 2 nitrogen and oxygen atoms in total. The molecule has 1 rings (SSSR count). The Kier molecular flexibility index (Phi) is 4.30. The maximum absolute atomic E-state index is 11.9. The highest BCUT2D eigenvalue weighted by atomic mass is 16.2. The SMILES string of the molecule is CCC(C)C(=O)C1CCCCCC1=O. The van der Waals surface area contributed by atoms with Gasteiger partial charge in [-0.05, 0) is 19.3 Å². The summed E-state index contributed by atoms with van der Waals surface area (Å²) in [4.78, 5) is 23.5. The number of carbonyl (C=O) groups excluding carboxylic acids is 2. The number of hydrogen-bond acceptors (Lipinski definition) is 2. The average Bonchev–Trinajstić information content (AvgIpc) is 2.40. The van der Waals surface area contributed by atoms with Crippen LogP contribution in [0.3, 0.4) is 0 Å². The lowest BCUT2D eigenvalue weighted by atomic mass is 9.86. The van der Waals surface area contributed by atoms with E-state index < -0.39 is 0 Å². The van der Waals surface area contributed by atoms with E-state index in [0.717, 1.165) is 32.1 Å². The first-order chi connectivity index (χ1) is 6.66. The van der Waals surface area contributed by atoms with Crippen molar-refractivity contribution in [1.82, 2.24) is 0 Å². The zero-order valence-electron chi connectivity index (χ0n) is 9.21. The Bertz CT molecular complexity index is 220. The van der Waals surface area contributed by atoms with Gasteiger partial charge in [-0.15, -0.1) is 0 Å². The van der Waals surface area contributed by atoms with E-state index in [-0.39, 0.29) is 23.4 Å². The maximum Gasteiger partial charge on any atom is 0.146 e. The van der Waals surface area contributed by atoms with E-state index in [0.29, 0.717) is 6.42 Å². The van der Waals surface area contributed by atoms with Gasteiger partial charge in [0.15, 0.2) is 0 Å². The van der Waals surface area contributed by atoms with Crippen molar-refractivity contribution in [1.29, 1.82) is 0 Å². The van der Waals surface area contributed by atoms with Gasteiger partial charge in [-0.2, -0.15) is 0 Å². The third-order valence-electron chi connectivity index (χ3n) is 3.25. The summed E-state index contributed by atoms with van der Waals surface area (Å²) in [5, 5.41) is 0. The molecule has 2 unspecified atom stereocenters. The molecule has 0 amide bonds. The highest BCUT2D eigenvalue weighted by Gasteiger charge is 2.29. The van der Waals surface area contributed by atoms with Crippen LogP contribution >= 0.6 is 0 Å². The van der Waals surface area contributed by atoms with Crippen LogP contribution in [0.2, 0.25) is 0 Å². The summed E-state index contributed by atoms with van der Waals surface area (Å²) in [6.45, 7) is 3.93. The molecule has 0 radical (unpaired) electrons. The van der Waals surface area contributed by atoms with E-state index in [1.54, 1.807) is 0 Å². The van der Waals surface area contributed by atoms with Gasteiger partial charge in [-0.25, -0.2) is 0 Å². The van der Waals surface area contributed by atoms with Crippen molar-refractivity contribution < 1.29 is 9.59 Å². The molecular weight excluding hydrogens is 176 g/mol. The van der Waals surface area contributed by atoms with Crippen LogP contribution in [-0.4, -0.2) is 11.6 Å². The summed E-state index contributed by atoms with van der Waals surface area (Å²) in [6, 6.07) is 0. The summed E-state index contributed by atoms with van der Waals surface area (Å²) in [6.07, 6.45) is 5.38. The molecule has 0 spiro atoms. The van der Waals surface area contributed by atoms with Gasteiger partial charge in [0.05, 0.1) is 5.92 Å². The molecule has 2 heteroatoms. The lowest BCUT2D eigenvalue weighted by Crippen LogP contribution is -2.27. The number of carbonyl (C=O) groups is 2. The van der Waals surface area contributed by atoms with E-state index >= 15 is 0 Å². The Hall–Kier alpha value is -0.660. The van der Waals surface area contributed by atoms with Crippen LogP contribution in [0.15, 0.2) is 0 Å². The van der Waals surface area contributed by atoms with Crippen molar-refractivity contribution in [3.05, 3.63) is 0 Å². The standard InChI is InChI=1S/C12H20O2/c1-3-9(2)12(14)10-7-5-4-6-8-11(10)13/h9-10H,3-8H2,1-2H3. The molecule has 0 aliphatic heterocycles. The summed E-state index contributed by atoms with van der Waals surface area (Å²) in [5.41, 5.74) is 0. The fourth-order valence-corrected chi connectivity index (χ4v) is 2.01. The van der Waals surface area contributed by atoms with Crippen LogP contribution in [0, 0.1) is 11.8 Å². The second-order valence-corrected chi connectivity index (χ2v) is 4.33. The van der Waals surface area contributed by atoms with E-state index in [1.165, 1.54) is 0 Å². The topological polar surface area (TPSA) is 34.1 Å². The highest BCUT2D eigenvalue weighted by molar-refractivity contribution is 6.03. The second kappa shape index (κ2) is 5.28. The molecular formula is C12H20O2. The summed E-state index contributed by atoms with van der Waals surface area (Å²) < 4.78 is 0. The van der Waals surface area contributed by atoms with Crippen LogP contribution in [0.1, 0.15) is 52.4 Å². The van der Waals surface area contributed by atoms with Gasteiger partial charge in [-0.3, -0.25) is 9.59 Å². The molecule has 0 bridgehead atoms. The Balaban J connectivity index is 2.63. The molecule has 0 saturated heterocycles. The number of ketones is 2. The molecule has 1 aliphatic carbocycles. The molecule has 1 fully saturated rings. The van der Waals surface area contributed by atoms with E-state index in [1.807, 2.05) is 13.8 Å². The minimum Gasteiger partial charge on any atom is -0.299 e. The van der Waals surface area contributed by atoms with Gasteiger partial charge in [0.25, 0.3) is 0 Å². The third kappa shape index (κ3) is 2.66. The van der Waals surface area contributed by atoms with Crippen LogP contribution in [0.4, 0.5) is 0 Å². The monoisotopic (exact) mass is 196 g/mol. The van der Waals surface area contributed by atoms with Crippen LogP contribution in [0.25, 0.3) is 0 Å². The van der Waals surface area contributed by atoms with Crippen molar-refractivity contribution >= 4 is 11.6 Å². The molecule has 0 aromatic heterocycles. The normalized spacial score (nSPS) is 25.6. The van der Waals surface area contributed by atoms with Crippen LogP contribution in [0.5, 0.6) is 0 Å². The van der Waals surface area contributed by atoms with Gasteiger partial charge in [-0.1, -0.05) is 26.7 Å². The Morgan fingerprint density at radius 1 is 1.43 bits per heavy atom. The van der Waals surface area contributed by atoms with Crippen molar-refractivity contribution in [3.63, 3.8) is 0 Å². The molecule has 14 heavy (non-hydrogen) atoms. The quantitative estimate of drug-likeness (QED) is 0.514. The molecule has 2 atom stereocenters. The zero-order valence-corrected chi connectivity index (χ0v) is 9.21. The predicted molar refractivity (Wildman–Crippen MR) is 56.0 cm³/mol. The smallest absolute Gasteiger partial charge is 0.146 e. The first-order valence-corrected chi connectivity index (χ1v) is 5.73. The molecule has 0 heterocycles. The van der Waals surface area contributed by atoms with Crippen LogP contribution < -0.4 is 0 Å². The number of hydrogen-bond donors (Lipinski definition) is 0. The fourth-order valence-electron chi connectivity index (χ4n) is 2.01. The maximum atomic E-state index is 11.9. The lowest BCUT2D eigenvalue weighted by Gasteiger charge is -2.15. The number of Topliss-reactive ketones (excluding diaryl/α,β-unsaturated/α-hetero) is 2. The first kappa shape index (κ1) is 11.4. The Labute approximate surface area is 86.1 Å². The molecule has 1 aliphatic rings.